The van der Waals surface area contributed by atoms with Gasteiger partial charge in [0.25, 0.3) is 0 Å². The predicted octanol–water partition coefficient (Wildman–Crippen LogP) is 4.14. The fourth-order valence-electron chi connectivity index (χ4n) is 3.44. The van der Waals surface area contributed by atoms with Gasteiger partial charge in [-0.25, -0.2) is 0 Å². The lowest BCUT2D eigenvalue weighted by Gasteiger charge is -2.50. The molecule has 0 bridgehead atoms. The standard InChI is InChI=1S/C21H22ClIN2O2/c1-21(20(27)24(2)14-15-6-8-17(22)9-7-15)10-11-25(21)19(26)13-16-4-3-5-18(23)12-16/h3-9,12H,10-11,13-14H2,1-2H3. The Labute approximate surface area is 178 Å². The third-order valence-corrected chi connectivity index (χ3v) is 6.03. The van der Waals surface area contributed by atoms with Gasteiger partial charge in [0.1, 0.15) is 5.54 Å². The van der Waals surface area contributed by atoms with Crippen LogP contribution < -0.4 is 0 Å². The van der Waals surface area contributed by atoms with Crippen molar-refractivity contribution < 1.29 is 9.59 Å². The Hall–Kier alpha value is -1.60. The highest BCUT2D eigenvalue weighted by atomic mass is 127. The van der Waals surface area contributed by atoms with Crippen LogP contribution in [0.4, 0.5) is 0 Å². The number of rotatable bonds is 5. The smallest absolute Gasteiger partial charge is 0.248 e. The van der Waals surface area contributed by atoms with Gasteiger partial charge in [0, 0.05) is 28.7 Å². The van der Waals surface area contributed by atoms with Gasteiger partial charge in [0.15, 0.2) is 0 Å². The Morgan fingerprint density at radius 3 is 2.48 bits per heavy atom. The summed E-state index contributed by atoms with van der Waals surface area (Å²) in [6, 6.07) is 15.4. The van der Waals surface area contributed by atoms with Gasteiger partial charge in [-0.05, 0) is 71.3 Å². The lowest BCUT2D eigenvalue weighted by atomic mass is 9.84. The second-order valence-corrected chi connectivity index (χ2v) is 8.85. The quantitative estimate of drug-likeness (QED) is 0.584. The molecule has 1 fully saturated rings. The summed E-state index contributed by atoms with van der Waals surface area (Å²) in [4.78, 5) is 29.2. The van der Waals surface area contributed by atoms with Gasteiger partial charge >= 0.3 is 0 Å². The zero-order valence-electron chi connectivity index (χ0n) is 15.4. The van der Waals surface area contributed by atoms with E-state index in [0.29, 0.717) is 31.0 Å². The van der Waals surface area contributed by atoms with Gasteiger partial charge in [-0.1, -0.05) is 35.9 Å². The normalized spacial score (nSPS) is 18.7. The van der Waals surface area contributed by atoms with Gasteiger partial charge in [-0.2, -0.15) is 0 Å². The molecule has 27 heavy (non-hydrogen) atoms. The van der Waals surface area contributed by atoms with Crippen molar-refractivity contribution in [2.75, 3.05) is 13.6 Å². The number of likely N-dealkylation sites (N-methyl/N-ethyl adjacent to an activating group) is 1. The minimum absolute atomic E-state index is 0.000932. The molecule has 1 saturated heterocycles. The molecule has 1 atom stereocenters. The number of halogens is 2. The van der Waals surface area contributed by atoms with Crippen LogP contribution in [0.25, 0.3) is 0 Å². The first-order chi connectivity index (χ1) is 12.8. The van der Waals surface area contributed by atoms with Crippen LogP contribution in [-0.4, -0.2) is 40.7 Å². The molecule has 0 aromatic heterocycles. The fraction of sp³-hybridized carbons (Fsp3) is 0.333. The molecule has 2 amide bonds. The van der Waals surface area contributed by atoms with E-state index in [2.05, 4.69) is 22.6 Å². The van der Waals surface area contributed by atoms with Crippen molar-refractivity contribution in [1.82, 2.24) is 9.80 Å². The largest absolute Gasteiger partial charge is 0.339 e. The van der Waals surface area contributed by atoms with Crippen molar-refractivity contribution in [3.63, 3.8) is 0 Å². The molecular weight excluding hydrogens is 475 g/mol. The van der Waals surface area contributed by atoms with Crippen LogP contribution in [0.2, 0.25) is 5.02 Å². The predicted molar refractivity (Wildman–Crippen MR) is 116 cm³/mol. The molecule has 0 aliphatic carbocycles. The summed E-state index contributed by atoms with van der Waals surface area (Å²) < 4.78 is 1.10. The lowest BCUT2D eigenvalue weighted by molar-refractivity contribution is -0.163. The van der Waals surface area contributed by atoms with Crippen molar-refractivity contribution in [3.05, 3.63) is 68.3 Å². The Balaban J connectivity index is 1.66. The monoisotopic (exact) mass is 496 g/mol. The van der Waals surface area contributed by atoms with E-state index in [-0.39, 0.29) is 11.8 Å². The van der Waals surface area contributed by atoms with Crippen molar-refractivity contribution in [2.45, 2.75) is 31.8 Å². The number of amides is 2. The van der Waals surface area contributed by atoms with Gasteiger partial charge in [0.2, 0.25) is 11.8 Å². The van der Waals surface area contributed by atoms with Gasteiger partial charge in [0.05, 0.1) is 6.42 Å². The summed E-state index contributed by atoms with van der Waals surface area (Å²) in [7, 11) is 1.78. The van der Waals surface area contributed by atoms with Crippen LogP contribution in [-0.2, 0) is 22.6 Å². The molecular formula is C21H22ClIN2O2. The van der Waals surface area contributed by atoms with E-state index in [0.717, 1.165) is 14.7 Å². The first-order valence-electron chi connectivity index (χ1n) is 8.84. The third-order valence-electron chi connectivity index (χ3n) is 5.10. The zero-order valence-corrected chi connectivity index (χ0v) is 18.3. The molecule has 4 nitrogen and oxygen atoms in total. The third kappa shape index (κ3) is 4.46. The number of carbonyl (C=O) groups excluding carboxylic acids is 2. The van der Waals surface area contributed by atoms with Crippen molar-refractivity contribution in [1.29, 1.82) is 0 Å². The molecule has 142 valence electrons. The number of hydrogen-bond donors (Lipinski definition) is 0. The molecule has 6 heteroatoms. The summed E-state index contributed by atoms with van der Waals surface area (Å²) in [5.41, 5.74) is 1.22. The highest BCUT2D eigenvalue weighted by Crippen LogP contribution is 2.33. The highest BCUT2D eigenvalue weighted by Gasteiger charge is 2.50. The van der Waals surface area contributed by atoms with Crippen LogP contribution in [0.3, 0.4) is 0 Å². The first-order valence-corrected chi connectivity index (χ1v) is 10.3. The summed E-state index contributed by atoms with van der Waals surface area (Å²) in [6.45, 7) is 2.98. The molecule has 0 radical (unpaired) electrons. The summed E-state index contributed by atoms with van der Waals surface area (Å²) in [5, 5.41) is 0.672. The van der Waals surface area contributed by atoms with E-state index in [1.807, 2.05) is 55.5 Å². The van der Waals surface area contributed by atoms with E-state index < -0.39 is 5.54 Å². The second-order valence-electron chi connectivity index (χ2n) is 7.16. The molecule has 1 unspecified atom stereocenters. The first kappa shape index (κ1) is 20.1. The van der Waals surface area contributed by atoms with Crippen molar-refractivity contribution in [3.8, 4) is 0 Å². The molecule has 1 aliphatic rings. The number of carbonyl (C=O) groups is 2. The molecule has 2 aromatic carbocycles. The van der Waals surface area contributed by atoms with Gasteiger partial charge in [-0.3, -0.25) is 9.59 Å². The maximum atomic E-state index is 13.0. The maximum absolute atomic E-state index is 13.0. The Kier molecular flexibility index (Phi) is 6.11. The topological polar surface area (TPSA) is 40.6 Å². The highest BCUT2D eigenvalue weighted by molar-refractivity contribution is 14.1. The Morgan fingerprint density at radius 2 is 1.89 bits per heavy atom. The molecule has 1 aliphatic heterocycles. The van der Waals surface area contributed by atoms with Crippen molar-refractivity contribution >= 4 is 46.0 Å². The number of likely N-dealkylation sites (tertiary alicyclic amines) is 1. The summed E-state index contributed by atoms with van der Waals surface area (Å²) in [5.74, 6) is -0.0290. The molecule has 2 aromatic rings. The second kappa shape index (κ2) is 8.19. The summed E-state index contributed by atoms with van der Waals surface area (Å²) >= 11 is 8.16. The van der Waals surface area contributed by atoms with Crippen LogP contribution >= 0.6 is 34.2 Å². The maximum Gasteiger partial charge on any atom is 0.248 e. The SMILES string of the molecule is CN(Cc1ccc(Cl)cc1)C(=O)C1(C)CCN1C(=O)Cc1cccc(I)c1. The lowest BCUT2D eigenvalue weighted by Crippen LogP contribution is -2.67. The number of benzene rings is 2. The molecule has 0 N–H and O–H groups in total. The minimum atomic E-state index is -0.764. The average Bonchev–Trinajstić information content (AvgIpc) is 2.61. The van der Waals surface area contributed by atoms with Crippen LogP contribution in [0, 0.1) is 3.57 Å². The fourth-order valence-corrected chi connectivity index (χ4v) is 4.18. The zero-order chi connectivity index (χ0) is 19.6. The van der Waals surface area contributed by atoms with Crippen LogP contribution in [0.5, 0.6) is 0 Å². The molecule has 1 heterocycles. The van der Waals surface area contributed by atoms with Gasteiger partial charge < -0.3 is 9.80 Å². The average molecular weight is 497 g/mol. The summed E-state index contributed by atoms with van der Waals surface area (Å²) in [6.07, 6.45) is 1.01. The minimum Gasteiger partial charge on any atom is -0.339 e. The molecule has 3 rings (SSSR count). The van der Waals surface area contributed by atoms with Crippen LogP contribution in [0.15, 0.2) is 48.5 Å². The van der Waals surface area contributed by atoms with Crippen LogP contribution in [0.1, 0.15) is 24.5 Å². The van der Waals surface area contributed by atoms with E-state index in [1.54, 1.807) is 16.8 Å². The van der Waals surface area contributed by atoms with E-state index in [1.165, 1.54) is 0 Å². The van der Waals surface area contributed by atoms with Gasteiger partial charge in [-0.15, -0.1) is 0 Å². The molecule has 0 saturated carbocycles. The van der Waals surface area contributed by atoms with E-state index in [9.17, 15) is 9.59 Å². The Morgan fingerprint density at radius 1 is 1.19 bits per heavy atom. The Bertz CT molecular complexity index is 856. The van der Waals surface area contributed by atoms with Crippen molar-refractivity contribution in [2.24, 2.45) is 0 Å². The van der Waals surface area contributed by atoms with E-state index in [4.69, 9.17) is 11.6 Å². The number of nitrogens with zero attached hydrogens (tertiary/aromatic N) is 2. The number of hydrogen-bond acceptors (Lipinski definition) is 2. The molecule has 0 spiro atoms. The van der Waals surface area contributed by atoms with E-state index >= 15 is 0 Å².